The maximum Gasteiger partial charge on any atom is 0.573 e. The Kier molecular flexibility index (Phi) is 6.77. The maximum absolute atomic E-state index is 13.3. The molecule has 200 valence electrons. The second kappa shape index (κ2) is 9.59. The van der Waals surface area contributed by atoms with E-state index in [9.17, 15) is 27.9 Å². The first kappa shape index (κ1) is 26.8. The van der Waals surface area contributed by atoms with Crippen molar-refractivity contribution in [1.82, 2.24) is 0 Å². The van der Waals surface area contributed by atoms with Crippen LogP contribution in [0.15, 0.2) is 64.6 Å². The highest BCUT2D eigenvalue weighted by Gasteiger charge is 2.48. The number of amides is 1. The van der Waals surface area contributed by atoms with Crippen molar-refractivity contribution in [2.45, 2.75) is 45.5 Å². The Labute approximate surface area is 217 Å². The summed E-state index contributed by atoms with van der Waals surface area (Å²) in [5, 5.41) is 11.4. The van der Waals surface area contributed by atoms with Gasteiger partial charge in [0.15, 0.2) is 0 Å². The van der Waals surface area contributed by atoms with E-state index in [1.165, 1.54) is 19.2 Å². The van der Waals surface area contributed by atoms with Crippen molar-refractivity contribution in [2.75, 3.05) is 12.0 Å². The van der Waals surface area contributed by atoms with Gasteiger partial charge in [0.25, 0.3) is 11.7 Å². The lowest BCUT2D eigenvalue weighted by Gasteiger charge is -2.24. The number of anilines is 1. The third-order valence-corrected chi connectivity index (χ3v) is 6.10. The van der Waals surface area contributed by atoms with Gasteiger partial charge in [-0.25, -0.2) is 0 Å². The molecule has 0 saturated carbocycles. The van der Waals surface area contributed by atoms with Gasteiger partial charge in [-0.3, -0.25) is 14.5 Å². The summed E-state index contributed by atoms with van der Waals surface area (Å²) < 4.78 is 52.9. The summed E-state index contributed by atoms with van der Waals surface area (Å²) in [4.78, 5) is 27.6. The minimum atomic E-state index is -4.89. The van der Waals surface area contributed by atoms with Gasteiger partial charge < -0.3 is 19.0 Å². The van der Waals surface area contributed by atoms with Gasteiger partial charge in [-0.2, -0.15) is 0 Å². The van der Waals surface area contributed by atoms with Gasteiger partial charge in [0, 0.05) is 16.8 Å². The summed E-state index contributed by atoms with van der Waals surface area (Å²) in [7, 11) is 1.53. The molecule has 1 amide bonds. The molecule has 7 nitrogen and oxygen atoms in total. The Morgan fingerprint density at radius 3 is 2.18 bits per heavy atom. The topological polar surface area (TPSA) is 89.2 Å². The molecular weight excluding hydrogens is 503 g/mol. The molecular formula is C28H26F3NO6. The van der Waals surface area contributed by atoms with Crippen molar-refractivity contribution in [3.63, 3.8) is 0 Å². The molecule has 1 unspecified atom stereocenters. The zero-order valence-corrected chi connectivity index (χ0v) is 21.3. The van der Waals surface area contributed by atoms with Crippen molar-refractivity contribution < 1.29 is 41.8 Å². The van der Waals surface area contributed by atoms with E-state index in [2.05, 4.69) is 4.74 Å². The highest BCUT2D eigenvalue weighted by atomic mass is 19.4. The molecule has 0 aliphatic carbocycles. The smallest absolute Gasteiger partial charge is 0.507 e. The zero-order chi connectivity index (χ0) is 28.0. The van der Waals surface area contributed by atoms with Crippen LogP contribution in [0.4, 0.5) is 18.9 Å². The predicted octanol–water partition coefficient (Wildman–Crippen LogP) is 6.42. The maximum atomic E-state index is 13.3. The van der Waals surface area contributed by atoms with Crippen molar-refractivity contribution in [1.29, 1.82) is 0 Å². The molecule has 1 N–H and O–H groups in total. The summed E-state index contributed by atoms with van der Waals surface area (Å²) in [5.41, 5.74) is 0.584. The Morgan fingerprint density at radius 1 is 1.00 bits per heavy atom. The van der Waals surface area contributed by atoms with Crippen LogP contribution in [-0.2, 0) is 15.0 Å². The van der Waals surface area contributed by atoms with Crippen LogP contribution in [-0.4, -0.2) is 30.3 Å². The number of aliphatic hydroxyl groups is 1. The van der Waals surface area contributed by atoms with E-state index in [4.69, 9.17) is 9.15 Å². The number of carbonyl (C=O) groups excluding carboxylic acids is 2. The quantitative estimate of drug-likeness (QED) is 0.233. The summed E-state index contributed by atoms with van der Waals surface area (Å²) in [6, 6.07) is 11.5. The lowest BCUT2D eigenvalue weighted by Crippen LogP contribution is -2.29. The van der Waals surface area contributed by atoms with E-state index in [1.54, 1.807) is 37.3 Å². The number of nitrogens with zero attached hydrogens (tertiary/aromatic N) is 1. The monoisotopic (exact) mass is 529 g/mol. The number of alkyl halides is 3. The number of ketones is 1. The average Bonchev–Trinajstić information content (AvgIpc) is 3.38. The normalized spacial score (nSPS) is 17.7. The molecule has 1 aliphatic rings. The largest absolute Gasteiger partial charge is 0.573 e. The molecule has 0 bridgehead atoms. The fraction of sp³-hybridized carbons (Fsp3) is 0.286. The number of hydrogen-bond donors (Lipinski definition) is 1. The minimum Gasteiger partial charge on any atom is -0.507 e. The Morgan fingerprint density at radius 2 is 1.66 bits per heavy atom. The Hall–Kier alpha value is -4.21. The standard InChI is InChI=1S/C28H26F3NO6/c1-15-6-12-21(37-15)23-22(24(33)16-7-13-20(36-5)19(14-16)27(2,3)4)25(34)26(35)32(23)17-8-10-18(11-9-17)38-28(29,30)31/h6-14,23,33H,1-5H3/b24-22-. The van der Waals surface area contributed by atoms with Gasteiger partial charge in [0.05, 0.1) is 12.7 Å². The molecule has 10 heteroatoms. The third kappa shape index (κ3) is 5.11. The number of furan rings is 1. The zero-order valence-electron chi connectivity index (χ0n) is 21.3. The van der Waals surface area contributed by atoms with E-state index in [-0.39, 0.29) is 28.0 Å². The van der Waals surface area contributed by atoms with Crippen LogP contribution in [0.25, 0.3) is 5.76 Å². The molecule has 1 atom stereocenters. The summed E-state index contributed by atoms with van der Waals surface area (Å²) >= 11 is 0. The van der Waals surface area contributed by atoms with Crippen LogP contribution >= 0.6 is 0 Å². The first-order chi connectivity index (χ1) is 17.7. The fourth-order valence-electron chi connectivity index (χ4n) is 4.37. The second-order valence-electron chi connectivity index (χ2n) is 9.82. The van der Waals surface area contributed by atoms with E-state index in [1.807, 2.05) is 20.8 Å². The van der Waals surface area contributed by atoms with Crippen LogP contribution < -0.4 is 14.4 Å². The molecule has 1 aromatic heterocycles. The molecule has 1 saturated heterocycles. The number of ether oxygens (including phenoxy) is 2. The number of hydrogen-bond acceptors (Lipinski definition) is 6. The van der Waals surface area contributed by atoms with E-state index in [0.717, 1.165) is 22.6 Å². The molecule has 3 aromatic rings. The van der Waals surface area contributed by atoms with Gasteiger partial charge in [0.2, 0.25) is 0 Å². The molecule has 38 heavy (non-hydrogen) atoms. The van der Waals surface area contributed by atoms with Crippen molar-refractivity contribution in [2.24, 2.45) is 0 Å². The lowest BCUT2D eigenvalue weighted by molar-refractivity contribution is -0.274. The van der Waals surface area contributed by atoms with Crippen LogP contribution in [0.3, 0.4) is 0 Å². The predicted molar refractivity (Wildman–Crippen MR) is 133 cm³/mol. The number of methoxy groups -OCH3 is 1. The third-order valence-electron chi connectivity index (χ3n) is 6.10. The first-order valence-electron chi connectivity index (χ1n) is 11.6. The van der Waals surface area contributed by atoms with Crippen molar-refractivity contribution in [3.8, 4) is 11.5 Å². The SMILES string of the molecule is COc1ccc(/C(O)=C2/C(=O)C(=O)N(c3ccc(OC(F)(F)F)cc3)C2c2ccc(C)o2)cc1C(C)(C)C. The molecule has 0 spiro atoms. The van der Waals surface area contributed by atoms with Crippen molar-refractivity contribution >= 4 is 23.1 Å². The van der Waals surface area contributed by atoms with Gasteiger partial charge >= 0.3 is 6.36 Å². The van der Waals surface area contributed by atoms with Gasteiger partial charge in [0.1, 0.15) is 34.8 Å². The average molecular weight is 530 g/mol. The van der Waals surface area contributed by atoms with Crippen LogP contribution in [0, 0.1) is 6.92 Å². The van der Waals surface area contributed by atoms with Gasteiger partial charge in [-0.15, -0.1) is 13.2 Å². The number of Topliss-reactive ketones (excluding diaryl/α,β-unsaturated/α-hetero) is 1. The minimum absolute atomic E-state index is 0.116. The molecule has 0 radical (unpaired) electrons. The number of benzene rings is 2. The number of aryl methyl sites for hydroxylation is 1. The fourth-order valence-corrected chi connectivity index (χ4v) is 4.37. The molecule has 1 aliphatic heterocycles. The summed E-state index contributed by atoms with van der Waals surface area (Å²) in [6.07, 6.45) is -4.89. The summed E-state index contributed by atoms with van der Waals surface area (Å²) in [6.45, 7) is 7.57. The molecule has 4 rings (SSSR count). The van der Waals surface area contributed by atoms with E-state index < -0.39 is 35.6 Å². The number of halogens is 3. The van der Waals surface area contributed by atoms with Gasteiger partial charge in [-0.05, 0) is 66.9 Å². The molecule has 2 aromatic carbocycles. The van der Waals surface area contributed by atoms with Gasteiger partial charge in [-0.1, -0.05) is 20.8 Å². The molecule has 2 heterocycles. The molecule has 1 fully saturated rings. The number of aliphatic hydroxyl groups excluding tert-OH is 1. The Bertz CT molecular complexity index is 1410. The van der Waals surface area contributed by atoms with Crippen LogP contribution in [0.1, 0.15) is 49.5 Å². The highest BCUT2D eigenvalue weighted by Crippen LogP contribution is 2.44. The van der Waals surface area contributed by atoms with E-state index in [0.29, 0.717) is 11.5 Å². The van der Waals surface area contributed by atoms with Crippen LogP contribution in [0.5, 0.6) is 11.5 Å². The highest BCUT2D eigenvalue weighted by molar-refractivity contribution is 6.51. The Balaban J connectivity index is 1.87. The van der Waals surface area contributed by atoms with Crippen LogP contribution in [0.2, 0.25) is 0 Å². The lowest BCUT2D eigenvalue weighted by atomic mass is 9.84. The number of carbonyl (C=O) groups is 2. The second-order valence-corrected chi connectivity index (χ2v) is 9.82. The summed E-state index contributed by atoms with van der Waals surface area (Å²) in [5.74, 6) is -1.56. The van der Waals surface area contributed by atoms with Crippen molar-refractivity contribution in [3.05, 3.63) is 82.8 Å². The first-order valence-corrected chi connectivity index (χ1v) is 11.6. The van der Waals surface area contributed by atoms with E-state index >= 15 is 0 Å². The number of rotatable bonds is 5.